The van der Waals surface area contributed by atoms with Gasteiger partial charge in [-0.15, -0.1) is 0 Å². The molecule has 1 aromatic rings. The first kappa shape index (κ1) is 12.6. The third kappa shape index (κ3) is 3.30. The number of carbonyl (C=O) groups is 1. The molecule has 1 aliphatic rings. The Bertz CT molecular complexity index is 414. The van der Waals surface area contributed by atoms with E-state index in [0.717, 1.165) is 35.1 Å². The summed E-state index contributed by atoms with van der Waals surface area (Å²) < 4.78 is 1.03. The Balaban J connectivity index is 2.02. The highest BCUT2D eigenvalue weighted by atomic mass is 79.9. The number of nitrogens with one attached hydrogen (secondary N) is 2. The maximum absolute atomic E-state index is 12.0. The van der Waals surface area contributed by atoms with E-state index in [4.69, 9.17) is 0 Å². The van der Waals surface area contributed by atoms with Crippen molar-refractivity contribution >= 4 is 27.5 Å². The minimum absolute atomic E-state index is 0.0354. The molecular weight excluding hydrogens is 280 g/mol. The molecule has 2 rings (SSSR count). The predicted octanol–water partition coefficient (Wildman–Crippen LogP) is 2.84. The fraction of sp³-hybridized carbons (Fsp3) is 0.462. The normalized spacial score (nSPS) is 20.0. The van der Waals surface area contributed by atoms with Crippen LogP contribution in [-0.4, -0.2) is 18.5 Å². The molecule has 1 saturated heterocycles. The summed E-state index contributed by atoms with van der Waals surface area (Å²) in [7, 11) is 0. The van der Waals surface area contributed by atoms with Gasteiger partial charge in [0, 0.05) is 10.2 Å². The average molecular weight is 297 g/mol. The zero-order chi connectivity index (χ0) is 12.3. The molecule has 92 valence electrons. The van der Waals surface area contributed by atoms with Gasteiger partial charge in [-0.3, -0.25) is 4.79 Å². The van der Waals surface area contributed by atoms with Crippen LogP contribution in [0.3, 0.4) is 0 Å². The average Bonchev–Trinajstić information content (AvgIpc) is 2.34. The number of aryl methyl sites for hydroxylation is 1. The first-order chi connectivity index (χ1) is 8.16. The van der Waals surface area contributed by atoms with Crippen molar-refractivity contribution < 1.29 is 4.79 Å². The van der Waals surface area contributed by atoms with Gasteiger partial charge in [-0.25, -0.2) is 0 Å². The lowest BCUT2D eigenvalue weighted by Crippen LogP contribution is -2.43. The molecule has 1 heterocycles. The highest BCUT2D eigenvalue weighted by Crippen LogP contribution is 2.20. The summed E-state index contributed by atoms with van der Waals surface area (Å²) in [4.78, 5) is 12.0. The first-order valence-electron chi connectivity index (χ1n) is 5.97. The molecule has 1 aromatic carbocycles. The topological polar surface area (TPSA) is 41.1 Å². The Hall–Kier alpha value is -0.870. The molecule has 4 heteroatoms. The molecule has 0 saturated carbocycles. The Labute approximate surface area is 110 Å². The fourth-order valence-electron chi connectivity index (χ4n) is 2.06. The van der Waals surface area contributed by atoms with E-state index in [-0.39, 0.29) is 11.9 Å². The van der Waals surface area contributed by atoms with E-state index in [0.29, 0.717) is 0 Å². The maximum atomic E-state index is 12.0. The minimum atomic E-state index is -0.0354. The number of amides is 1. The lowest BCUT2D eigenvalue weighted by Gasteiger charge is -2.23. The maximum Gasteiger partial charge on any atom is 0.241 e. The number of halogens is 1. The van der Waals surface area contributed by atoms with Gasteiger partial charge in [0.15, 0.2) is 0 Å². The van der Waals surface area contributed by atoms with Crippen LogP contribution in [-0.2, 0) is 4.79 Å². The van der Waals surface area contributed by atoms with Crippen LogP contribution >= 0.6 is 15.9 Å². The summed E-state index contributed by atoms with van der Waals surface area (Å²) in [6.07, 6.45) is 3.23. The monoisotopic (exact) mass is 296 g/mol. The van der Waals surface area contributed by atoms with Crippen LogP contribution in [0, 0.1) is 6.92 Å². The minimum Gasteiger partial charge on any atom is -0.324 e. The molecule has 1 atom stereocenters. The molecule has 3 nitrogen and oxygen atoms in total. The summed E-state index contributed by atoms with van der Waals surface area (Å²) in [5.41, 5.74) is 1.97. The van der Waals surface area contributed by atoms with Gasteiger partial charge < -0.3 is 10.6 Å². The van der Waals surface area contributed by atoms with Crippen molar-refractivity contribution in [3.05, 3.63) is 28.2 Å². The van der Waals surface area contributed by atoms with Crippen LogP contribution in [0.25, 0.3) is 0 Å². The van der Waals surface area contributed by atoms with Crippen molar-refractivity contribution in [2.24, 2.45) is 0 Å². The van der Waals surface area contributed by atoms with E-state index >= 15 is 0 Å². The van der Waals surface area contributed by atoms with Crippen LogP contribution in [0.1, 0.15) is 24.8 Å². The number of anilines is 1. The fourth-order valence-corrected chi connectivity index (χ4v) is 2.54. The van der Waals surface area contributed by atoms with Gasteiger partial charge >= 0.3 is 0 Å². The number of hydrogen-bond acceptors (Lipinski definition) is 2. The molecule has 0 radical (unpaired) electrons. The second-order valence-electron chi connectivity index (χ2n) is 4.45. The van der Waals surface area contributed by atoms with Gasteiger partial charge in [0.1, 0.15) is 0 Å². The van der Waals surface area contributed by atoms with E-state index in [9.17, 15) is 4.79 Å². The number of hydrogen-bond donors (Lipinski definition) is 2. The highest BCUT2D eigenvalue weighted by molar-refractivity contribution is 9.10. The third-order valence-electron chi connectivity index (χ3n) is 3.07. The van der Waals surface area contributed by atoms with Gasteiger partial charge in [-0.2, -0.15) is 0 Å². The van der Waals surface area contributed by atoms with Crippen LogP contribution in [0.2, 0.25) is 0 Å². The van der Waals surface area contributed by atoms with Crippen molar-refractivity contribution in [1.82, 2.24) is 5.32 Å². The van der Waals surface area contributed by atoms with Gasteiger partial charge in [-0.1, -0.05) is 22.4 Å². The van der Waals surface area contributed by atoms with E-state index in [1.807, 2.05) is 25.1 Å². The predicted molar refractivity (Wildman–Crippen MR) is 73.2 cm³/mol. The number of piperidine rings is 1. The van der Waals surface area contributed by atoms with Crippen molar-refractivity contribution in [2.75, 3.05) is 11.9 Å². The first-order valence-corrected chi connectivity index (χ1v) is 6.76. The molecule has 0 aliphatic carbocycles. The van der Waals surface area contributed by atoms with Crippen LogP contribution in [0.5, 0.6) is 0 Å². The number of rotatable bonds is 2. The Kier molecular flexibility index (Phi) is 4.18. The Morgan fingerprint density at radius 2 is 2.29 bits per heavy atom. The molecule has 0 unspecified atom stereocenters. The molecular formula is C13H17BrN2O. The second kappa shape index (κ2) is 5.65. The van der Waals surface area contributed by atoms with Crippen molar-refractivity contribution in [1.29, 1.82) is 0 Å². The van der Waals surface area contributed by atoms with E-state index in [1.54, 1.807) is 0 Å². The van der Waals surface area contributed by atoms with Crippen LogP contribution in [0.4, 0.5) is 5.69 Å². The molecule has 0 spiro atoms. The molecule has 2 N–H and O–H groups in total. The number of benzene rings is 1. The van der Waals surface area contributed by atoms with Crippen LogP contribution in [0.15, 0.2) is 22.7 Å². The smallest absolute Gasteiger partial charge is 0.241 e. The SMILES string of the molecule is Cc1cc(Br)ccc1NC(=O)[C@@H]1CCCCN1. The summed E-state index contributed by atoms with van der Waals surface area (Å²) in [5.74, 6) is 0.0788. The number of carbonyl (C=O) groups excluding carboxylic acids is 1. The third-order valence-corrected chi connectivity index (χ3v) is 3.57. The molecule has 0 bridgehead atoms. The molecule has 1 fully saturated rings. The van der Waals surface area contributed by atoms with Gasteiger partial charge in [-0.05, 0) is 50.1 Å². The van der Waals surface area contributed by atoms with Gasteiger partial charge in [0.2, 0.25) is 5.91 Å². The van der Waals surface area contributed by atoms with Gasteiger partial charge in [0.25, 0.3) is 0 Å². The molecule has 1 aliphatic heterocycles. The second-order valence-corrected chi connectivity index (χ2v) is 5.37. The van der Waals surface area contributed by atoms with Crippen molar-refractivity contribution in [3.8, 4) is 0 Å². The van der Waals surface area contributed by atoms with Gasteiger partial charge in [0.05, 0.1) is 6.04 Å². The summed E-state index contributed by atoms with van der Waals surface area (Å²) in [6.45, 7) is 2.94. The summed E-state index contributed by atoms with van der Waals surface area (Å²) in [5, 5.41) is 6.23. The summed E-state index contributed by atoms with van der Waals surface area (Å²) >= 11 is 3.41. The zero-order valence-electron chi connectivity index (χ0n) is 9.92. The lowest BCUT2D eigenvalue weighted by molar-refractivity contribution is -0.118. The van der Waals surface area contributed by atoms with Crippen molar-refractivity contribution in [3.63, 3.8) is 0 Å². The van der Waals surface area contributed by atoms with E-state index in [1.165, 1.54) is 6.42 Å². The molecule has 1 amide bonds. The Morgan fingerprint density at radius 3 is 2.94 bits per heavy atom. The lowest BCUT2D eigenvalue weighted by atomic mass is 10.0. The van der Waals surface area contributed by atoms with Crippen LogP contribution < -0.4 is 10.6 Å². The Morgan fingerprint density at radius 1 is 1.47 bits per heavy atom. The van der Waals surface area contributed by atoms with E-state index in [2.05, 4.69) is 26.6 Å². The summed E-state index contributed by atoms with van der Waals surface area (Å²) in [6, 6.07) is 5.84. The highest BCUT2D eigenvalue weighted by Gasteiger charge is 2.20. The quantitative estimate of drug-likeness (QED) is 0.881. The zero-order valence-corrected chi connectivity index (χ0v) is 11.5. The van der Waals surface area contributed by atoms with E-state index < -0.39 is 0 Å². The molecule has 17 heavy (non-hydrogen) atoms. The largest absolute Gasteiger partial charge is 0.324 e. The standard InChI is InChI=1S/C13H17BrN2O/c1-9-8-10(14)5-6-11(9)16-13(17)12-4-2-3-7-15-12/h5-6,8,12,15H,2-4,7H2,1H3,(H,16,17)/t12-/m0/s1. The molecule has 0 aromatic heterocycles. The van der Waals surface area contributed by atoms with Crippen molar-refractivity contribution in [2.45, 2.75) is 32.2 Å².